The van der Waals surface area contributed by atoms with Crippen molar-refractivity contribution >= 4 is 35.8 Å². The van der Waals surface area contributed by atoms with Gasteiger partial charge in [-0.2, -0.15) is 0 Å². The minimum absolute atomic E-state index is 0. The molecule has 158 valence electrons. The summed E-state index contributed by atoms with van der Waals surface area (Å²) in [6, 6.07) is 7.58. The van der Waals surface area contributed by atoms with E-state index in [9.17, 15) is 4.79 Å². The number of aliphatic imine (C=N–C) groups is 1. The fourth-order valence-corrected chi connectivity index (χ4v) is 2.79. The highest BCUT2D eigenvalue weighted by Crippen LogP contribution is 2.12. The molecule has 0 aromatic heterocycles. The summed E-state index contributed by atoms with van der Waals surface area (Å²) in [5.74, 6) is 1.27. The Morgan fingerprint density at radius 3 is 2.68 bits per heavy atom. The normalized spacial score (nSPS) is 16.4. The molecular weight excluding hydrogens is 471 g/mol. The fourth-order valence-electron chi connectivity index (χ4n) is 2.79. The van der Waals surface area contributed by atoms with Crippen LogP contribution in [0.2, 0.25) is 0 Å². The number of amides is 1. The molecule has 1 aliphatic rings. The number of carbonyl (C=O) groups is 1. The lowest BCUT2D eigenvalue weighted by atomic mass is 10.1. The van der Waals surface area contributed by atoms with Crippen LogP contribution in [0, 0.1) is 5.92 Å². The van der Waals surface area contributed by atoms with E-state index in [1.54, 1.807) is 7.05 Å². The summed E-state index contributed by atoms with van der Waals surface area (Å²) in [5.41, 5.74) is 1.76. The molecule has 0 radical (unpaired) electrons. The third kappa shape index (κ3) is 9.20. The van der Waals surface area contributed by atoms with Gasteiger partial charge in [-0.3, -0.25) is 9.79 Å². The summed E-state index contributed by atoms with van der Waals surface area (Å²) < 4.78 is 11.0. The molecule has 28 heavy (non-hydrogen) atoms. The molecule has 3 N–H and O–H groups in total. The number of rotatable bonds is 10. The van der Waals surface area contributed by atoms with E-state index in [0.717, 1.165) is 57.3 Å². The molecule has 1 atom stereocenters. The van der Waals surface area contributed by atoms with Crippen LogP contribution in [-0.2, 0) is 16.0 Å². The van der Waals surface area contributed by atoms with Crippen LogP contribution in [0.1, 0.15) is 35.7 Å². The second kappa shape index (κ2) is 14.6. The van der Waals surface area contributed by atoms with Crippen LogP contribution in [0.15, 0.2) is 29.3 Å². The smallest absolute Gasteiger partial charge is 0.251 e. The van der Waals surface area contributed by atoms with Crippen LogP contribution in [0.5, 0.6) is 0 Å². The lowest BCUT2D eigenvalue weighted by Crippen LogP contribution is -2.37. The monoisotopic (exact) mass is 504 g/mol. The van der Waals surface area contributed by atoms with Gasteiger partial charge in [-0.1, -0.05) is 12.1 Å². The number of carbonyl (C=O) groups excluding carboxylic acids is 1. The molecule has 1 aliphatic heterocycles. The molecule has 2 rings (SSSR count). The third-order valence-electron chi connectivity index (χ3n) is 4.37. The summed E-state index contributed by atoms with van der Waals surface area (Å²) in [6.07, 6.45) is 2.04. The van der Waals surface area contributed by atoms with Gasteiger partial charge in [0.2, 0.25) is 0 Å². The summed E-state index contributed by atoms with van der Waals surface area (Å²) in [6.45, 7) is 7.21. The number of halogens is 1. The predicted octanol–water partition coefficient (Wildman–Crippen LogP) is 2.16. The number of hydrogen-bond donors (Lipinski definition) is 3. The molecule has 1 amide bonds. The Hall–Kier alpha value is -1.39. The minimum Gasteiger partial charge on any atom is -0.381 e. The van der Waals surface area contributed by atoms with Crippen molar-refractivity contribution in [3.8, 4) is 0 Å². The van der Waals surface area contributed by atoms with Crippen molar-refractivity contribution in [3.63, 3.8) is 0 Å². The minimum atomic E-state index is -0.0443. The van der Waals surface area contributed by atoms with Crippen LogP contribution in [0.25, 0.3) is 0 Å². The van der Waals surface area contributed by atoms with E-state index in [-0.39, 0.29) is 29.9 Å². The Morgan fingerprint density at radius 2 is 2.04 bits per heavy atom. The predicted molar refractivity (Wildman–Crippen MR) is 122 cm³/mol. The van der Waals surface area contributed by atoms with E-state index >= 15 is 0 Å². The molecule has 1 aromatic carbocycles. The standard InChI is InChI=1S/C20H32N4O3.HI/c1-3-22-19(25)18-7-5-16(6-8-18)13-24-20(21-2)23-10-4-11-26-14-17-9-12-27-15-17;/h5-8,17H,3-4,9-15H2,1-2H3,(H,22,25)(H2,21,23,24);1H. The maximum absolute atomic E-state index is 11.8. The molecule has 1 heterocycles. The second-order valence-corrected chi connectivity index (χ2v) is 6.57. The first kappa shape index (κ1) is 24.6. The molecule has 1 fully saturated rings. The zero-order valence-electron chi connectivity index (χ0n) is 16.8. The fraction of sp³-hybridized carbons (Fsp3) is 0.600. The van der Waals surface area contributed by atoms with E-state index in [1.165, 1.54) is 0 Å². The summed E-state index contributed by atoms with van der Waals surface area (Å²) in [4.78, 5) is 16.0. The SMILES string of the molecule is CCNC(=O)c1ccc(CNC(=NC)NCCCOCC2CCOC2)cc1.I. The van der Waals surface area contributed by atoms with Gasteiger partial charge in [0.15, 0.2) is 5.96 Å². The summed E-state index contributed by atoms with van der Waals surface area (Å²) in [5, 5.41) is 9.35. The lowest BCUT2D eigenvalue weighted by molar-refractivity contribution is 0.0888. The van der Waals surface area contributed by atoms with E-state index in [2.05, 4.69) is 20.9 Å². The number of nitrogens with zero attached hydrogens (tertiary/aromatic N) is 1. The largest absolute Gasteiger partial charge is 0.381 e. The third-order valence-corrected chi connectivity index (χ3v) is 4.37. The van der Waals surface area contributed by atoms with Crippen molar-refractivity contribution in [2.45, 2.75) is 26.3 Å². The molecular formula is C20H33IN4O3. The van der Waals surface area contributed by atoms with Gasteiger partial charge in [-0.05, 0) is 37.5 Å². The maximum Gasteiger partial charge on any atom is 0.251 e. The molecule has 1 unspecified atom stereocenters. The molecule has 0 saturated carbocycles. The highest BCUT2D eigenvalue weighted by molar-refractivity contribution is 14.0. The van der Waals surface area contributed by atoms with Crippen LogP contribution in [0.3, 0.4) is 0 Å². The van der Waals surface area contributed by atoms with Gasteiger partial charge in [0.05, 0.1) is 13.2 Å². The van der Waals surface area contributed by atoms with Crippen molar-refractivity contribution < 1.29 is 14.3 Å². The van der Waals surface area contributed by atoms with Crippen LogP contribution in [-0.4, -0.2) is 58.4 Å². The number of benzene rings is 1. The number of ether oxygens (including phenoxy) is 2. The van der Waals surface area contributed by atoms with Crippen molar-refractivity contribution in [2.24, 2.45) is 10.9 Å². The van der Waals surface area contributed by atoms with Gasteiger partial charge >= 0.3 is 0 Å². The Labute approximate surface area is 185 Å². The highest BCUT2D eigenvalue weighted by Gasteiger charge is 2.15. The Balaban J connectivity index is 0.00000392. The zero-order chi connectivity index (χ0) is 19.3. The lowest BCUT2D eigenvalue weighted by Gasteiger charge is -2.13. The van der Waals surface area contributed by atoms with Gasteiger partial charge in [-0.15, -0.1) is 24.0 Å². The molecule has 7 nitrogen and oxygen atoms in total. The molecule has 0 spiro atoms. The summed E-state index contributed by atoms with van der Waals surface area (Å²) >= 11 is 0. The Morgan fingerprint density at radius 1 is 1.25 bits per heavy atom. The van der Waals surface area contributed by atoms with Gasteiger partial charge in [0.25, 0.3) is 5.91 Å². The van der Waals surface area contributed by atoms with E-state index in [0.29, 0.717) is 24.6 Å². The van der Waals surface area contributed by atoms with Crippen molar-refractivity contribution in [3.05, 3.63) is 35.4 Å². The molecule has 0 aliphatic carbocycles. The second-order valence-electron chi connectivity index (χ2n) is 6.57. The average Bonchev–Trinajstić information content (AvgIpc) is 3.21. The van der Waals surface area contributed by atoms with E-state index in [1.807, 2.05) is 31.2 Å². The van der Waals surface area contributed by atoms with Gasteiger partial charge in [0.1, 0.15) is 0 Å². The van der Waals surface area contributed by atoms with E-state index in [4.69, 9.17) is 9.47 Å². The van der Waals surface area contributed by atoms with Crippen LogP contribution in [0.4, 0.5) is 0 Å². The Bertz CT molecular complexity index is 590. The topological polar surface area (TPSA) is 84.0 Å². The molecule has 1 saturated heterocycles. The highest BCUT2D eigenvalue weighted by atomic mass is 127. The quantitative estimate of drug-likeness (QED) is 0.197. The molecule has 1 aromatic rings. The number of guanidine groups is 1. The zero-order valence-corrected chi connectivity index (χ0v) is 19.2. The van der Waals surface area contributed by atoms with Crippen molar-refractivity contribution in [1.82, 2.24) is 16.0 Å². The average molecular weight is 504 g/mol. The van der Waals surface area contributed by atoms with Crippen molar-refractivity contribution in [2.75, 3.05) is 46.6 Å². The first-order valence-electron chi connectivity index (χ1n) is 9.70. The van der Waals surface area contributed by atoms with Gasteiger partial charge in [-0.25, -0.2) is 0 Å². The number of nitrogens with one attached hydrogen (secondary N) is 3. The first-order valence-corrected chi connectivity index (χ1v) is 9.70. The van der Waals surface area contributed by atoms with Crippen LogP contribution < -0.4 is 16.0 Å². The van der Waals surface area contributed by atoms with Crippen LogP contribution >= 0.6 is 24.0 Å². The van der Waals surface area contributed by atoms with Gasteiger partial charge in [0, 0.05) is 51.4 Å². The maximum atomic E-state index is 11.8. The molecule has 0 bridgehead atoms. The Kier molecular flexibility index (Phi) is 12.8. The summed E-state index contributed by atoms with van der Waals surface area (Å²) in [7, 11) is 1.75. The molecule has 8 heteroatoms. The van der Waals surface area contributed by atoms with Crippen molar-refractivity contribution in [1.29, 1.82) is 0 Å². The van der Waals surface area contributed by atoms with Gasteiger partial charge < -0.3 is 25.4 Å². The van der Waals surface area contributed by atoms with E-state index < -0.39 is 0 Å². The number of hydrogen-bond acceptors (Lipinski definition) is 4. The first-order chi connectivity index (χ1) is 13.2.